The standard InChI is InChI=1S/C17H22O4/c1-4-15(17(19)20-3)11-12-21-16-9-7-14(8-10-16)6-5-13(2)18/h7-11H,4-6,12H2,1-3H3. The largest absolute Gasteiger partial charge is 0.490 e. The third kappa shape index (κ3) is 6.25. The number of carbonyl (C=O) groups is 2. The Labute approximate surface area is 125 Å². The zero-order valence-electron chi connectivity index (χ0n) is 12.8. The Morgan fingerprint density at radius 1 is 1.19 bits per heavy atom. The lowest BCUT2D eigenvalue weighted by molar-refractivity contribution is -0.136. The smallest absolute Gasteiger partial charge is 0.333 e. The second-order valence-electron chi connectivity index (χ2n) is 4.73. The predicted molar refractivity (Wildman–Crippen MR) is 81.3 cm³/mol. The lowest BCUT2D eigenvalue weighted by atomic mass is 10.1. The van der Waals surface area contributed by atoms with E-state index in [4.69, 9.17) is 4.74 Å². The molecule has 0 aromatic heterocycles. The summed E-state index contributed by atoms with van der Waals surface area (Å²) in [6, 6.07) is 7.63. The van der Waals surface area contributed by atoms with Gasteiger partial charge in [-0.05, 0) is 43.5 Å². The second-order valence-corrected chi connectivity index (χ2v) is 4.73. The molecule has 1 aromatic rings. The highest BCUT2D eigenvalue weighted by Gasteiger charge is 2.06. The van der Waals surface area contributed by atoms with Gasteiger partial charge in [-0.1, -0.05) is 19.1 Å². The molecule has 0 bridgehead atoms. The number of hydrogen-bond acceptors (Lipinski definition) is 4. The van der Waals surface area contributed by atoms with E-state index in [1.807, 2.05) is 31.2 Å². The second kappa shape index (κ2) is 8.95. The lowest BCUT2D eigenvalue weighted by Crippen LogP contribution is -2.06. The van der Waals surface area contributed by atoms with E-state index in [9.17, 15) is 9.59 Å². The topological polar surface area (TPSA) is 52.6 Å². The molecule has 0 saturated heterocycles. The zero-order valence-corrected chi connectivity index (χ0v) is 12.8. The summed E-state index contributed by atoms with van der Waals surface area (Å²) in [6.45, 7) is 3.81. The Morgan fingerprint density at radius 2 is 1.86 bits per heavy atom. The molecule has 4 heteroatoms. The number of benzene rings is 1. The van der Waals surface area contributed by atoms with Crippen molar-refractivity contribution in [3.8, 4) is 5.75 Å². The quantitative estimate of drug-likeness (QED) is 0.545. The summed E-state index contributed by atoms with van der Waals surface area (Å²) in [5.41, 5.74) is 1.72. The van der Waals surface area contributed by atoms with Crippen molar-refractivity contribution in [2.24, 2.45) is 0 Å². The van der Waals surface area contributed by atoms with E-state index >= 15 is 0 Å². The van der Waals surface area contributed by atoms with Gasteiger partial charge in [-0.15, -0.1) is 0 Å². The number of rotatable bonds is 8. The molecule has 0 unspecified atom stereocenters. The SMILES string of the molecule is CCC(=CCOc1ccc(CCC(C)=O)cc1)C(=O)OC. The molecule has 0 heterocycles. The van der Waals surface area contributed by atoms with E-state index in [0.29, 0.717) is 25.0 Å². The van der Waals surface area contributed by atoms with Gasteiger partial charge in [-0.2, -0.15) is 0 Å². The minimum Gasteiger partial charge on any atom is -0.490 e. The van der Waals surface area contributed by atoms with Crippen molar-refractivity contribution >= 4 is 11.8 Å². The van der Waals surface area contributed by atoms with Crippen LogP contribution in [0.1, 0.15) is 32.3 Å². The first-order chi connectivity index (χ1) is 10.1. The molecule has 0 atom stereocenters. The molecule has 1 aromatic carbocycles. The van der Waals surface area contributed by atoms with Crippen LogP contribution >= 0.6 is 0 Å². The number of ether oxygens (including phenoxy) is 2. The van der Waals surface area contributed by atoms with Crippen LogP contribution in [0.15, 0.2) is 35.9 Å². The molecule has 0 N–H and O–H groups in total. The van der Waals surface area contributed by atoms with E-state index < -0.39 is 0 Å². The Bertz CT molecular complexity index is 500. The van der Waals surface area contributed by atoms with Gasteiger partial charge in [0.15, 0.2) is 0 Å². The maximum atomic E-state index is 11.4. The molecule has 0 radical (unpaired) electrons. The molecule has 0 aliphatic heterocycles. The Morgan fingerprint density at radius 3 is 2.38 bits per heavy atom. The highest BCUT2D eigenvalue weighted by atomic mass is 16.5. The fourth-order valence-electron chi connectivity index (χ4n) is 1.81. The van der Waals surface area contributed by atoms with E-state index in [1.165, 1.54) is 7.11 Å². The zero-order chi connectivity index (χ0) is 15.7. The van der Waals surface area contributed by atoms with Crippen LogP contribution in [-0.2, 0) is 20.7 Å². The molecule has 0 fully saturated rings. The molecule has 0 spiro atoms. The van der Waals surface area contributed by atoms with Crippen molar-refractivity contribution in [3.63, 3.8) is 0 Å². The monoisotopic (exact) mass is 290 g/mol. The molecule has 0 aliphatic rings. The van der Waals surface area contributed by atoms with Crippen LogP contribution in [0.4, 0.5) is 0 Å². The first kappa shape index (κ1) is 17.0. The molecule has 0 aliphatic carbocycles. The summed E-state index contributed by atoms with van der Waals surface area (Å²) < 4.78 is 10.2. The number of hydrogen-bond donors (Lipinski definition) is 0. The van der Waals surface area contributed by atoms with Gasteiger partial charge in [0, 0.05) is 12.0 Å². The lowest BCUT2D eigenvalue weighted by Gasteiger charge is -2.06. The third-order valence-corrected chi connectivity index (χ3v) is 3.10. The van der Waals surface area contributed by atoms with E-state index in [2.05, 4.69) is 4.74 Å². The van der Waals surface area contributed by atoms with Crippen LogP contribution in [0.25, 0.3) is 0 Å². The van der Waals surface area contributed by atoms with Crippen molar-refractivity contribution in [2.45, 2.75) is 33.1 Å². The van der Waals surface area contributed by atoms with Crippen LogP contribution in [0, 0.1) is 0 Å². The van der Waals surface area contributed by atoms with Gasteiger partial charge in [0.1, 0.15) is 18.1 Å². The van der Waals surface area contributed by atoms with Crippen LogP contribution in [0.5, 0.6) is 5.75 Å². The molecule has 21 heavy (non-hydrogen) atoms. The molecule has 0 amide bonds. The summed E-state index contributed by atoms with van der Waals surface area (Å²) in [6.07, 6.45) is 3.65. The highest BCUT2D eigenvalue weighted by molar-refractivity contribution is 5.88. The first-order valence-corrected chi connectivity index (χ1v) is 7.05. The van der Waals surface area contributed by atoms with Crippen molar-refractivity contribution in [3.05, 3.63) is 41.5 Å². The van der Waals surface area contributed by atoms with Crippen molar-refractivity contribution in [1.29, 1.82) is 0 Å². The highest BCUT2D eigenvalue weighted by Crippen LogP contribution is 2.14. The van der Waals surface area contributed by atoms with Gasteiger partial charge in [-0.25, -0.2) is 4.79 Å². The summed E-state index contributed by atoms with van der Waals surface area (Å²) in [5, 5.41) is 0. The Balaban J connectivity index is 2.50. The summed E-state index contributed by atoms with van der Waals surface area (Å²) >= 11 is 0. The van der Waals surface area contributed by atoms with Crippen LogP contribution in [0.2, 0.25) is 0 Å². The number of ketones is 1. The third-order valence-electron chi connectivity index (χ3n) is 3.10. The number of aryl methyl sites for hydroxylation is 1. The minimum atomic E-state index is -0.319. The molecule has 114 valence electrons. The fraction of sp³-hybridized carbons (Fsp3) is 0.412. The average molecular weight is 290 g/mol. The number of carbonyl (C=O) groups excluding carboxylic acids is 2. The molecule has 4 nitrogen and oxygen atoms in total. The van der Waals surface area contributed by atoms with Crippen LogP contribution in [0.3, 0.4) is 0 Å². The molecular weight excluding hydrogens is 268 g/mol. The number of methoxy groups -OCH3 is 1. The van der Waals surface area contributed by atoms with Gasteiger partial charge in [0.05, 0.1) is 7.11 Å². The molecule has 0 saturated carbocycles. The Hall–Kier alpha value is -2.10. The van der Waals surface area contributed by atoms with Crippen LogP contribution < -0.4 is 4.74 Å². The maximum Gasteiger partial charge on any atom is 0.333 e. The fourth-order valence-corrected chi connectivity index (χ4v) is 1.81. The summed E-state index contributed by atoms with van der Waals surface area (Å²) in [7, 11) is 1.37. The number of Topliss-reactive ketones (excluding diaryl/α,β-unsaturated/α-hetero) is 1. The van der Waals surface area contributed by atoms with Gasteiger partial charge < -0.3 is 14.3 Å². The molecule has 1 rings (SSSR count). The first-order valence-electron chi connectivity index (χ1n) is 7.05. The average Bonchev–Trinajstić information content (AvgIpc) is 2.50. The van der Waals surface area contributed by atoms with Gasteiger partial charge in [0.2, 0.25) is 0 Å². The van der Waals surface area contributed by atoms with E-state index in [0.717, 1.165) is 17.7 Å². The summed E-state index contributed by atoms with van der Waals surface area (Å²) in [4.78, 5) is 22.3. The van der Waals surface area contributed by atoms with Crippen molar-refractivity contribution in [2.75, 3.05) is 13.7 Å². The van der Waals surface area contributed by atoms with Crippen LogP contribution in [-0.4, -0.2) is 25.5 Å². The van der Waals surface area contributed by atoms with Gasteiger partial charge in [0.25, 0.3) is 0 Å². The van der Waals surface area contributed by atoms with Crippen molar-refractivity contribution in [1.82, 2.24) is 0 Å². The molecular formula is C17H22O4. The maximum absolute atomic E-state index is 11.4. The minimum absolute atomic E-state index is 0.190. The summed E-state index contributed by atoms with van der Waals surface area (Å²) in [5.74, 6) is 0.606. The van der Waals surface area contributed by atoms with Crippen molar-refractivity contribution < 1.29 is 19.1 Å². The van der Waals surface area contributed by atoms with Gasteiger partial charge in [-0.3, -0.25) is 0 Å². The van der Waals surface area contributed by atoms with E-state index in [1.54, 1.807) is 13.0 Å². The normalized spacial score (nSPS) is 11.1. The van der Waals surface area contributed by atoms with E-state index in [-0.39, 0.29) is 11.8 Å². The van der Waals surface area contributed by atoms with Gasteiger partial charge >= 0.3 is 5.97 Å². The number of esters is 1. The predicted octanol–water partition coefficient (Wildman–Crippen LogP) is 3.10. The Kier molecular flexibility index (Phi) is 7.23.